The highest BCUT2D eigenvalue weighted by Crippen LogP contribution is 2.30. The van der Waals surface area contributed by atoms with Crippen molar-refractivity contribution < 1.29 is 4.79 Å². The lowest BCUT2D eigenvalue weighted by Crippen LogP contribution is -2.35. The third-order valence-electron chi connectivity index (χ3n) is 3.43. The van der Waals surface area contributed by atoms with Crippen LogP contribution in [0.5, 0.6) is 0 Å². The second kappa shape index (κ2) is 7.39. The first-order chi connectivity index (χ1) is 10.5. The second-order valence-electron chi connectivity index (χ2n) is 5.02. The summed E-state index contributed by atoms with van der Waals surface area (Å²) >= 11 is 7.63. The summed E-state index contributed by atoms with van der Waals surface area (Å²) in [6.45, 7) is 1.86. The van der Waals surface area contributed by atoms with E-state index >= 15 is 0 Å². The van der Waals surface area contributed by atoms with Crippen LogP contribution in [0.2, 0.25) is 5.02 Å². The fraction of sp³-hybridized carbons (Fsp3) is 0.312. The molecule has 1 aromatic carbocycles. The highest BCUT2D eigenvalue weighted by atomic mass is 35.5. The van der Waals surface area contributed by atoms with Gasteiger partial charge < -0.3 is 4.90 Å². The maximum atomic E-state index is 12.2. The van der Waals surface area contributed by atoms with Crippen LogP contribution in [-0.4, -0.2) is 28.9 Å². The SMILES string of the molecule is C[C@@H](CC#N)N(C)C(=O)Cc1csc(-c2ccccc2Cl)n1. The standard InChI is InChI=1S/C16H16ClN3OS/c1-11(7-8-18)20(2)15(21)9-12-10-22-16(19-12)13-5-3-4-6-14(13)17/h3-6,10-11H,7,9H2,1-2H3/t11-/m0/s1. The van der Waals surface area contributed by atoms with Crippen molar-refractivity contribution in [2.24, 2.45) is 0 Å². The Balaban J connectivity index is 2.08. The van der Waals surface area contributed by atoms with Crippen LogP contribution in [0.25, 0.3) is 10.6 Å². The molecule has 114 valence electrons. The quantitative estimate of drug-likeness (QED) is 0.837. The smallest absolute Gasteiger partial charge is 0.228 e. The molecule has 0 saturated heterocycles. The molecule has 1 atom stereocenters. The minimum atomic E-state index is -0.0980. The maximum Gasteiger partial charge on any atom is 0.228 e. The minimum Gasteiger partial charge on any atom is -0.342 e. The van der Waals surface area contributed by atoms with Crippen LogP contribution in [0.15, 0.2) is 29.6 Å². The van der Waals surface area contributed by atoms with Crippen molar-refractivity contribution >= 4 is 28.8 Å². The van der Waals surface area contributed by atoms with Crippen LogP contribution < -0.4 is 0 Å². The van der Waals surface area contributed by atoms with Crippen LogP contribution in [-0.2, 0) is 11.2 Å². The highest BCUT2D eigenvalue weighted by molar-refractivity contribution is 7.13. The molecule has 1 aromatic heterocycles. The second-order valence-corrected chi connectivity index (χ2v) is 6.28. The molecule has 0 spiro atoms. The van der Waals surface area contributed by atoms with Crippen LogP contribution in [0.1, 0.15) is 19.0 Å². The molecule has 0 unspecified atom stereocenters. The van der Waals surface area contributed by atoms with Crippen molar-refractivity contribution in [3.63, 3.8) is 0 Å². The van der Waals surface area contributed by atoms with Gasteiger partial charge in [0.15, 0.2) is 0 Å². The molecule has 0 aliphatic rings. The first-order valence-corrected chi connectivity index (χ1v) is 8.10. The van der Waals surface area contributed by atoms with Crippen molar-refractivity contribution in [1.29, 1.82) is 5.26 Å². The molecule has 0 bridgehead atoms. The average molecular weight is 334 g/mol. The number of amides is 1. The number of carbonyl (C=O) groups is 1. The Labute approximate surface area is 139 Å². The molecule has 0 aliphatic heterocycles. The van der Waals surface area contributed by atoms with Gasteiger partial charge in [0, 0.05) is 24.0 Å². The summed E-state index contributed by atoms with van der Waals surface area (Å²) in [6.07, 6.45) is 0.553. The largest absolute Gasteiger partial charge is 0.342 e. The number of nitriles is 1. The Bertz CT molecular complexity index is 707. The lowest BCUT2D eigenvalue weighted by molar-refractivity contribution is -0.130. The summed E-state index contributed by atoms with van der Waals surface area (Å²) in [5.74, 6) is -0.0428. The van der Waals surface area contributed by atoms with E-state index in [1.807, 2.05) is 36.6 Å². The van der Waals surface area contributed by atoms with Gasteiger partial charge in [-0.05, 0) is 13.0 Å². The van der Waals surface area contributed by atoms with Crippen LogP contribution in [0.3, 0.4) is 0 Å². The van der Waals surface area contributed by atoms with Crippen molar-refractivity contribution in [3.8, 4) is 16.6 Å². The lowest BCUT2D eigenvalue weighted by atomic mass is 10.2. The Morgan fingerprint density at radius 1 is 1.50 bits per heavy atom. The van der Waals surface area contributed by atoms with Gasteiger partial charge in [0.2, 0.25) is 5.91 Å². The van der Waals surface area contributed by atoms with E-state index in [1.165, 1.54) is 11.3 Å². The Morgan fingerprint density at radius 3 is 2.91 bits per heavy atom. The van der Waals surface area contributed by atoms with Crippen molar-refractivity contribution in [3.05, 3.63) is 40.4 Å². The van der Waals surface area contributed by atoms with Crippen molar-refractivity contribution in [2.45, 2.75) is 25.8 Å². The molecule has 0 aliphatic carbocycles. The monoisotopic (exact) mass is 333 g/mol. The number of thiazole rings is 1. The highest BCUT2D eigenvalue weighted by Gasteiger charge is 2.17. The van der Waals surface area contributed by atoms with Gasteiger partial charge in [0.25, 0.3) is 0 Å². The first kappa shape index (κ1) is 16.5. The number of likely N-dealkylation sites (N-methyl/N-ethyl adjacent to an activating group) is 1. The third kappa shape index (κ3) is 3.85. The van der Waals surface area contributed by atoms with Crippen LogP contribution >= 0.6 is 22.9 Å². The van der Waals surface area contributed by atoms with Gasteiger partial charge in [-0.15, -0.1) is 11.3 Å². The number of hydrogen-bond acceptors (Lipinski definition) is 4. The maximum absolute atomic E-state index is 12.2. The van der Waals surface area contributed by atoms with Gasteiger partial charge in [0.05, 0.1) is 29.6 Å². The molecule has 0 N–H and O–H groups in total. The fourth-order valence-corrected chi connectivity index (χ4v) is 3.08. The number of carbonyl (C=O) groups excluding carboxylic acids is 1. The molecular formula is C16H16ClN3OS. The number of hydrogen-bond donors (Lipinski definition) is 0. The number of aromatic nitrogens is 1. The van der Waals surface area contributed by atoms with E-state index in [9.17, 15) is 4.79 Å². The summed E-state index contributed by atoms with van der Waals surface area (Å²) in [5, 5.41) is 12.0. The Hall–Kier alpha value is -1.90. The molecular weight excluding hydrogens is 318 g/mol. The van der Waals surface area contributed by atoms with E-state index in [0.717, 1.165) is 16.3 Å². The Kier molecular flexibility index (Phi) is 5.53. The fourth-order valence-electron chi connectivity index (χ4n) is 1.94. The minimum absolute atomic E-state index is 0.0428. The lowest BCUT2D eigenvalue weighted by Gasteiger charge is -2.22. The van der Waals surface area contributed by atoms with Gasteiger partial charge in [-0.3, -0.25) is 4.79 Å². The summed E-state index contributed by atoms with van der Waals surface area (Å²) in [4.78, 5) is 18.3. The third-order valence-corrected chi connectivity index (χ3v) is 4.68. The van der Waals surface area contributed by atoms with Crippen molar-refractivity contribution in [1.82, 2.24) is 9.88 Å². The van der Waals surface area contributed by atoms with E-state index in [0.29, 0.717) is 11.4 Å². The zero-order valence-electron chi connectivity index (χ0n) is 12.4. The summed E-state index contributed by atoms with van der Waals surface area (Å²) < 4.78 is 0. The zero-order valence-corrected chi connectivity index (χ0v) is 14.0. The summed E-state index contributed by atoms with van der Waals surface area (Å²) in [5.41, 5.74) is 1.60. The number of benzene rings is 1. The predicted molar refractivity (Wildman–Crippen MR) is 88.7 cm³/mol. The normalized spacial score (nSPS) is 11.7. The number of halogens is 1. The molecule has 22 heavy (non-hydrogen) atoms. The predicted octanol–water partition coefficient (Wildman–Crippen LogP) is 3.77. The van der Waals surface area contributed by atoms with Crippen molar-refractivity contribution in [2.75, 3.05) is 7.05 Å². The first-order valence-electron chi connectivity index (χ1n) is 6.85. The van der Waals surface area contributed by atoms with E-state index < -0.39 is 0 Å². The Morgan fingerprint density at radius 2 is 2.23 bits per heavy atom. The molecule has 2 rings (SSSR count). The molecule has 4 nitrogen and oxygen atoms in total. The topological polar surface area (TPSA) is 57.0 Å². The van der Waals surface area contributed by atoms with Crippen LogP contribution in [0.4, 0.5) is 0 Å². The summed E-state index contributed by atoms with van der Waals surface area (Å²) in [7, 11) is 1.71. The zero-order chi connectivity index (χ0) is 16.1. The van der Waals surface area contributed by atoms with E-state index in [-0.39, 0.29) is 18.4 Å². The molecule has 0 fully saturated rings. The molecule has 6 heteroatoms. The molecule has 0 saturated carbocycles. The molecule has 1 heterocycles. The van der Waals surface area contributed by atoms with E-state index in [2.05, 4.69) is 11.1 Å². The van der Waals surface area contributed by atoms with Gasteiger partial charge in [-0.1, -0.05) is 29.8 Å². The molecule has 0 radical (unpaired) electrons. The average Bonchev–Trinajstić information content (AvgIpc) is 2.95. The summed E-state index contributed by atoms with van der Waals surface area (Å²) in [6, 6.07) is 9.49. The van der Waals surface area contributed by atoms with Gasteiger partial charge in [0.1, 0.15) is 5.01 Å². The van der Waals surface area contributed by atoms with Crippen LogP contribution in [0, 0.1) is 11.3 Å². The van der Waals surface area contributed by atoms with E-state index in [4.69, 9.17) is 16.9 Å². The van der Waals surface area contributed by atoms with Gasteiger partial charge >= 0.3 is 0 Å². The number of nitrogens with zero attached hydrogens (tertiary/aromatic N) is 3. The van der Waals surface area contributed by atoms with E-state index in [1.54, 1.807) is 11.9 Å². The molecule has 2 aromatic rings. The number of rotatable bonds is 5. The van der Waals surface area contributed by atoms with Gasteiger partial charge in [-0.2, -0.15) is 5.26 Å². The van der Waals surface area contributed by atoms with Gasteiger partial charge in [-0.25, -0.2) is 4.98 Å². The molecule has 1 amide bonds.